The van der Waals surface area contributed by atoms with Crippen molar-refractivity contribution < 1.29 is 24.5 Å². The molecule has 1 aromatic carbocycles. The monoisotopic (exact) mass is 344 g/mol. The van der Waals surface area contributed by atoms with E-state index in [4.69, 9.17) is 0 Å². The second kappa shape index (κ2) is 5.02. The minimum absolute atomic E-state index is 0.136. The van der Waals surface area contributed by atoms with E-state index in [9.17, 15) is 24.5 Å². The van der Waals surface area contributed by atoms with Crippen molar-refractivity contribution in [3.05, 3.63) is 35.7 Å². The molecule has 0 atom stereocenters. The molecule has 1 heterocycles. The molecule has 1 saturated heterocycles. The zero-order valence-electron chi connectivity index (χ0n) is 11.6. The van der Waals surface area contributed by atoms with Gasteiger partial charge in [-0.2, -0.15) is 0 Å². The Morgan fingerprint density at radius 2 is 1.59 bits per heavy atom. The smallest absolute Gasteiger partial charge is 0.304 e. The van der Waals surface area contributed by atoms with Gasteiger partial charge in [0.2, 0.25) is 0 Å². The molecule has 0 saturated carbocycles. The zero-order valence-corrected chi connectivity index (χ0v) is 12.5. The van der Waals surface area contributed by atoms with Crippen LogP contribution in [-0.2, 0) is 0 Å². The average molecular weight is 344 g/mol. The summed E-state index contributed by atoms with van der Waals surface area (Å²) in [5.41, 5.74) is 0.657. The lowest BCUT2D eigenvalue weighted by Gasteiger charge is -2.38. The summed E-state index contributed by atoms with van der Waals surface area (Å²) in [5.74, 6) is 0.136. The molecule has 9 heteroatoms. The maximum Gasteiger partial charge on any atom is 0.304 e. The highest BCUT2D eigenvalue weighted by Gasteiger charge is 2.60. The number of hydrogen-bond donors (Lipinski definition) is 1. The molecular formula is C13H17F5N2OS. The summed E-state index contributed by atoms with van der Waals surface area (Å²) < 4.78 is 60.8. The first-order valence-corrected chi connectivity index (χ1v) is 8.62. The van der Waals surface area contributed by atoms with E-state index >= 15 is 0 Å². The number of phenols is 1. The third-order valence-electron chi connectivity index (χ3n) is 3.31. The first-order chi connectivity index (χ1) is 9.93. The summed E-state index contributed by atoms with van der Waals surface area (Å²) >= 11 is 0. The minimum Gasteiger partial charge on any atom is -0.506 e. The van der Waals surface area contributed by atoms with E-state index in [2.05, 4.69) is 0 Å². The highest BCUT2D eigenvalue weighted by Crippen LogP contribution is 2.98. The third kappa shape index (κ3) is 5.38. The van der Waals surface area contributed by atoms with Crippen molar-refractivity contribution in [1.29, 1.82) is 0 Å². The Labute approximate surface area is 125 Å². The first-order valence-electron chi connectivity index (χ1n) is 6.60. The van der Waals surface area contributed by atoms with Crippen molar-refractivity contribution in [2.24, 2.45) is 0 Å². The van der Waals surface area contributed by atoms with E-state index < -0.39 is 15.6 Å². The van der Waals surface area contributed by atoms with Crippen molar-refractivity contribution in [2.45, 2.75) is 0 Å². The Balaban J connectivity index is 1.89. The second-order valence-electron chi connectivity index (χ2n) is 5.18. The van der Waals surface area contributed by atoms with Gasteiger partial charge >= 0.3 is 10.2 Å². The van der Waals surface area contributed by atoms with Crippen LogP contribution in [0.25, 0.3) is 0 Å². The van der Waals surface area contributed by atoms with Crippen LogP contribution in [-0.4, -0.2) is 42.7 Å². The summed E-state index contributed by atoms with van der Waals surface area (Å²) in [6, 6.07) is 6.77. The van der Waals surface area contributed by atoms with Crippen molar-refractivity contribution >= 4 is 15.9 Å². The highest BCUT2D eigenvalue weighted by atomic mass is 32.5. The quantitative estimate of drug-likeness (QED) is 0.824. The maximum absolute atomic E-state index is 12.2. The Morgan fingerprint density at radius 3 is 2.14 bits per heavy atom. The molecular weight excluding hydrogens is 327 g/mol. The molecule has 0 unspecified atom stereocenters. The number of piperazine rings is 1. The van der Waals surface area contributed by atoms with Gasteiger partial charge in [-0.3, -0.25) is 4.90 Å². The Hall–Kier alpha value is -1.48. The van der Waals surface area contributed by atoms with Gasteiger partial charge in [0.15, 0.2) is 0 Å². The highest BCUT2D eigenvalue weighted by molar-refractivity contribution is 8.48. The van der Waals surface area contributed by atoms with Gasteiger partial charge in [-0.05, 0) is 12.1 Å². The number of halogens is 5. The number of benzene rings is 1. The molecule has 22 heavy (non-hydrogen) atoms. The maximum atomic E-state index is 12.2. The van der Waals surface area contributed by atoms with Crippen molar-refractivity contribution in [3.63, 3.8) is 0 Å². The topological polar surface area (TPSA) is 26.7 Å². The van der Waals surface area contributed by atoms with Crippen LogP contribution in [0.5, 0.6) is 5.75 Å². The van der Waals surface area contributed by atoms with Gasteiger partial charge in [0.05, 0.1) is 11.1 Å². The van der Waals surface area contributed by atoms with Gasteiger partial charge in [-0.25, -0.2) is 0 Å². The standard InChI is InChI=1S/C13H17F5N2OS/c14-22(15,16,17,18)11-3-6-19-7-9-20(10-8-19)12-4-1-2-5-13(12)21/h1-5,11,21H,6-10H2/b11-3+. The number of rotatable bonds is 4. The molecule has 1 aliphatic heterocycles. The molecule has 1 aliphatic rings. The van der Waals surface area contributed by atoms with Gasteiger partial charge in [0.25, 0.3) is 0 Å². The van der Waals surface area contributed by atoms with Gasteiger partial charge in [0.1, 0.15) is 5.75 Å². The lowest BCUT2D eigenvalue weighted by atomic mass is 10.2. The fourth-order valence-electron chi connectivity index (χ4n) is 2.28. The van der Waals surface area contributed by atoms with E-state index in [0.717, 1.165) is 0 Å². The third-order valence-corrected chi connectivity index (χ3v) is 4.02. The minimum atomic E-state index is -9.46. The normalized spacial score (nSPS) is 20.9. The lowest BCUT2D eigenvalue weighted by molar-refractivity contribution is 0.283. The lowest BCUT2D eigenvalue weighted by Crippen LogP contribution is -2.46. The van der Waals surface area contributed by atoms with Gasteiger partial charge < -0.3 is 10.0 Å². The number of phenolic OH excluding ortho intramolecular Hbond substituents is 1. The molecule has 3 nitrogen and oxygen atoms in total. The molecule has 1 aromatic rings. The molecule has 1 N–H and O–H groups in total. The van der Waals surface area contributed by atoms with Gasteiger partial charge in [-0.1, -0.05) is 37.6 Å². The number of nitrogens with zero attached hydrogens (tertiary/aromatic N) is 2. The molecule has 0 amide bonds. The van der Waals surface area contributed by atoms with E-state index in [-0.39, 0.29) is 12.3 Å². The van der Waals surface area contributed by atoms with Crippen LogP contribution in [0.3, 0.4) is 0 Å². The van der Waals surface area contributed by atoms with E-state index in [0.29, 0.717) is 37.9 Å². The number of hydrogen-bond acceptors (Lipinski definition) is 3. The predicted molar refractivity (Wildman–Crippen MR) is 79.0 cm³/mol. The van der Waals surface area contributed by atoms with Crippen LogP contribution in [0.2, 0.25) is 0 Å². The SMILES string of the molecule is Oc1ccccc1N1CCN(C/C=C/S(F)(F)(F)(F)F)CC1. The van der Waals surface area contributed by atoms with Gasteiger partial charge in [-0.15, -0.1) is 0 Å². The van der Waals surface area contributed by atoms with E-state index in [1.54, 1.807) is 29.2 Å². The second-order valence-corrected chi connectivity index (χ2v) is 7.51. The van der Waals surface area contributed by atoms with Crippen molar-refractivity contribution in [2.75, 3.05) is 37.6 Å². The molecule has 1 fully saturated rings. The molecule has 2 rings (SSSR count). The van der Waals surface area contributed by atoms with Crippen LogP contribution in [0.1, 0.15) is 0 Å². The Morgan fingerprint density at radius 1 is 1.00 bits per heavy atom. The summed E-state index contributed by atoms with van der Waals surface area (Å²) in [6.45, 7) is 1.68. The molecule has 126 valence electrons. The van der Waals surface area contributed by atoms with E-state index in [1.165, 1.54) is 0 Å². The number of aromatic hydroxyl groups is 1. The number of para-hydroxylation sites is 2. The van der Waals surface area contributed by atoms with E-state index in [1.807, 2.05) is 4.90 Å². The first kappa shape index (κ1) is 16.9. The fraction of sp³-hybridized carbons (Fsp3) is 0.385. The van der Waals surface area contributed by atoms with Crippen LogP contribution in [0, 0.1) is 0 Å². The summed E-state index contributed by atoms with van der Waals surface area (Å²) in [4.78, 5) is 3.55. The Kier molecular flexibility index (Phi) is 3.85. The summed E-state index contributed by atoms with van der Waals surface area (Å²) in [7, 11) is -9.46. The van der Waals surface area contributed by atoms with Crippen molar-refractivity contribution in [1.82, 2.24) is 4.90 Å². The molecule has 0 bridgehead atoms. The van der Waals surface area contributed by atoms with Crippen molar-refractivity contribution in [3.8, 4) is 5.75 Å². The number of anilines is 1. The van der Waals surface area contributed by atoms with Crippen LogP contribution in [0.15, 0.2) is 35.7 Å². The van der Waals surface area contributed by atoms with Crippen LogP contribution >= 0.6 is 10.2 Å². The molecule has 0 aliphatic carbocycles. The predicted octanol–water partition coefficient (Wildman–Crippen LogP) is 4.33. The largest absolute Gasteiger partial charge is 0.506 e. The Bertz CT molecular complexity index is 567. The molecule has 0 spiro atoms. The fourth-order valence-corrected chi connectivity index (χ4v) is 2.73. The zero-order chi connectivity index (χ0) is 16.5. The molecule has 0 aromatic heterocycles. The summed E-state index contributed by atoms with van der Waals surface area (Å²) in [6.07, 6.45) is 0.469. The van der Waals surface area contributed by atoms with Gasteiger partial charge in [0, 0.05) is 32.7 Å². The van der Waals surface area contributed by atoms with Crippen LogP contribution in [0.4, 0.5) is 25.1 Å². The molecule has 0 radical (unpaired) electrons. The summed E-state index contributed by atoms with van der Waals surface area (Å²) in [5, 5.41) is 8.85. The van der Waals surface area contributed by atoms with Crippen LogP contribution < -0.4 is 4.90 Å². The average Bonchev–Trinajstić information content (AvgIpc) is 2.37.